The first-order valence-corrected chi connectivity index (χ1v) is 17.9. The summed E-state index contributed by atoms with van der Waals surface area (Å²) >= 11 is 0. The van der Waals surface area contributed by atoms with Crippen LogP contribution in [-0.4, -0.2) is 61.3 Å². The molecule has 0 aromatic carbocycles. The molecule has 3 N–H and O–H groups in total. The minimum absolute atomic E-state index is 0.0342. The van der Waals surface area contributed by atoms with Gasteiger partial charge in [-0.3, -0.25) is 13.8 Å². The highest BCUT2D eigenvalue weighted by Crippen LogP contribution is 2.50. The van der Waals surface area contributed by atoms with Crippen molar-refractivity contribution in [3.63, 3.8) is 0 Å². The zero-order chi connectivity index (χ0) is 32.7. The molecule has 10 heteroatoms. The number of phosphoric acid groups is 1. The van der Waals surface area contributed by atoms with E-state index in [4.69, 9.17) is 13.8 Å². The summed E-state index contributed by atoms with van der Waals surface area (Å²) in [5.41, 5.74) is -1.43. The maximum Gasteiger partial charge on any atom is 0.472 e. The van der Waals surface area contributed by atoms with Crippen molar-refractivity contribution < 1.29 is 33.1 Å². The number of ether oxygens (including phenoxy) is 1. The molecule has 0 aliphatic carbocycles. The van der Waals surface area contributed by atoms with Gasteiger partial charge in [0, 0.05) is 12.0 Å². The Balaban J connectivity index is 4.75. The first-order chi connectivity index (χ1) is 19.2. The van der Waals surface area contributed by atoms with Crippen molar-refractivity contribution in [2.24, 2.45) is 10.8 Å². The van der Waals surface area contributed by atoms with E-state index in [2.05, 4.69) is 54.7 Å². The number of phosphoric ester groups is 1. The Hall–Kier alpha value is -0.435. The maximum absolute atomic E-state index is 12.8. The Morgan fingerprint density at radius 2 is 1.43 bits per heavy atom. The molecule has 0 aromatic rings. The fraction of sp³-hybridized carbons (Fsp3) is 0.969. The van der Waals surface area contributed by atoms with Crippen LogP contribution in [0.15, 0.2) is 0 Å². The maximum atomic E-state index is 12.8. The van der Waals surface area contributed by atoms with Gasteiger partial charge in [0.15, 0.2) is 0 Å². The van der Waals surface area contributed by atoms with Gasteiger partial charge in [0.25, 0.3) is 0 Å². The lowest BCUT2D eigenvalue weighted by Crippen LogP contribution is -2.43. The predicted octanol–water partition coefficient (Wildman–Crippen LogP) is 7.37. The number of hydrogen-bond acceptors (Lipinski definition) is 6. The Morgan fingerprint density at radius 1 is 0.905 bits per heavy atom. The van der Waals surface area contributed by atoms with Crippen LogP contribution >= 0.6 is 7.82 Å². The van der Waals surface area contributed by atoms with Crippen LogP contribution in [0, 0.1) is 10.8 Å². The normalized spacial score (nSPS) is 16.2. The third kappa shape index (κ3) is 20.5. The van der Waals surface area contributed by atoms with Crippen LogP contribution in [0.25, 0.3) is 0 Å². The van der Waals surface area contributed by atoms with Crippen LogP contribution in [0.2, 0.25) is 5.31 Å². The van der Waals surface area contributed by atoms with Crippen molar-refractivity contribution in [3.05, 3.63) is 0 Å². The lowest BCUT2D eigenvalue weighted by atomic mass is 9.63. The zero-order valence-corrected chi connectivity index (χ0v) is 30.0. The summed E-state index contributed by atoms with van der Waals surface area (Å²) in [5, 5.41) is 13.6. The smallest absolute Gasteiger partial charge is 0.388 e. The molecule has 0 saturated heterocycles. The first kappa shape index (κ1) is 41.6. The van der Waals surface area contributed by atoms with Gasteiger partial charge in [-0.15, -0.1) is 0 Å². The Kier molecular flexibility index (Phi) is 19.0. The average Bonchev–Trinajstić information content (AvgIpc) is 2.83. The topological polar surface area (TPSA) is 114 Å². The summed E-state index contributed by atoms with van der Waals surface area (Å²) in [6.45, 7) is 20.6. The number of carbonyl (C=O) groups excluding carboxylic acids is 1. The van der Waals surface area contributed by atoms with Gasteiger partial charge in [-0.1, -0.05) is 112 Å². The minimum Gasteiger partial charge on any atom is -0.388 e. The lowest BCUT2D eigenvalue weighted by molar-refractivity contribution is -0.130. The highest BCUT2D eigenvalue weighted by Gasteiger charge is 2.36. The Bertz CT molecular complexity index is 788. The van der Waals surface area contributed by atoms with E-state index in [1.165, 1.54) is 0 Å². The van der Waals surface area contributed by atoms with Crippen LogP contribution in [0.4, 0.5) is 0 Å². The molecule has 1 amide bonds. The van der Waals surface area contributed by atoms with Crippen LogP contribution in [-0.2, 0) is 23.1 Å². The molecule has 0 saturated carbocycles. The summed E-state index contributed by atoms with van der Waals surface area (Å²) in [7, 11) is -2.22. The van der Waals surface area contributed by atoms with Crippen LogP contribution in [0.3, 0.4) is 0 Å². The SMILES string of the molecule is BC(C)(C)CC(C)(C)C(=O)NCC(C)(C)CC(C)OCC(O)COP(=O)(O)OC(C)(CCCCCC)CCCCCC. The number of aliphatic hydroxyl groups is 1. The molecule has 0 fully saturated rings. The number of unbranched alkanes of at least 4 members (excludes halogenated alkanes) is 6. The molecule has 8 nitrogen and oxygen atoms in total. The predicted molar refractivity (Wildman–Crippen MR) is 177 cm³/mol. The molecule has 0 rings (SSSR count). The van der Waals surface area contributed by atoms with Crippen LogP contribution in [0.5, 0.6) is 0 Å². The van der Waals surface area contributed by atoms with E-state index >= 15 is 0 Å². The Labute approximate surface area is 259 Å². The highest BCUT2D eigenvalue weighted by molar-refractivity contribution is 7.47. The van der Waals surface area contributed by atoms with Crippen molar-refractivity contribution in [3.8, 4) is 0 Å². The van der Waals surface area contributed by atoms with Crippen molar-refractivity contribution >= 4 is 21.6 Å². The van der Waals surface area contributed by atoms with E-state index in [0.717, 1.165) is 57.8 Å². The van der Waals surface area contributed by atoms with Crippen molar-refractivity contribution in [1.29, 1.82) is 0 Å². The summed E-state index contributed by atoms with van der Waals surface area (Å²) in [5.74, 6) is 0.0420. The van der Waals surface area contributed by atoms with Gasteiger partial charge in [0.1, 0.15) is 14.0 Å². The second kappa shape index (κ2) is 19.2. The van der Waals surface area contributed by atoms with Crippen molar-refractivity contribution in [2.75, 3.05) is 19.8 Å². The van der Waals surface area contributed by atoms with E-state index in [0.29, 0.717) is 25.8 Å². The van der Waals surface area contributed by atoms with Gasteiger partial charge < -0.3 is 20.1 Å². The summed E-state index contributed by atoms with van der Waals surface area (Å²) in [4.78, 5) is 23.3. The lowest BCUT2D eigenvalue weighted by Gasteiger charge is -2.34. The van der Waals surface area contributed by atoms with Gasteiger partial charge in [-0.05, 0) is 44.9 Å². The molecule has 0 bridgehead atoms. The monoisotopic (exact) mass is 619 g/mol. The zero-order valence-electron chi connectivity index (χ0n) is 29.1. The second-order valence-corrected chi connectivity index (χ2v) is 16.8. The van der Waals surface area contributed by atoms with E-state index in [1.807, 2.05) is 27.7 Å². The molecule has 0 heterocycles. The number of nitrogens with one attached hydrogen (secondary N) is 1. The summed E-state index contributed by atoms with van der Waals surface area (Å²) in [6, 6.07) is 0. The fourth-order valence-electron chi connectivity index (χ4n) is 5.75. The largest absolute Gasteiger partial charge is 0.472 e. The molecule has 0 aromatic heterocycles. The number of amides is 1. The molecule has 0 spiro atoms. The van der Waals surface area contributed by atoms with E-state index in [9.17, 15) is 19.4 Å². The third-order valence-electron chi connectivity index (χ3n) is 7.61. The molecule has 3 unspecified atom stereocenters. The number of hydrogen-bond donors (Lipinski definition) is 3. The van der Waals surface area contributed by atoms with Crippen LogP contribution in [0.1, 0.15) is 146 Å². The Morgan fingerprint density at radius 3 is 1.90 bits per heavy atom. The van der Waals surface area contributed by atoms with Gasteiger partial charge in [-0.25, -0.2) is 4.57 Å². The molecule has 250 valence electrons. The van der Waals surface area contributed by atoms with E-state index < -0.39 is 24.9 Å². The fourth-order valence-corrected chi connectivity index (χ4v) is 6.90. The molecule has 0 aliphatic heterocycles. The minimum atomic E-state index is -4.36. The standard InChI is InChI=1S/C32H67BNO7P/c1-11-13-15-17-19-32(10,20-18-16-14-12-2)41-42(37,38)40-23-27(35)22-39-26(3)21-29(4,5)25-34-28(36)30(6,7)24-31(8,9)33/h26-27,35H,11-25,33H2,1-10H3,(H,34,36)(H,37,38). The molecule has 3 atom stereocenters. The second-order valence-electron chi connectivity index (χ2n) is 15.4. The summed E-state index contributed by atoms with van der Waals surface area (Å²) < 4.78 is 29.6. The van der Waals surface area contributed by atoms with Gasteiger partial charge >= 0.3 is 7.82 Å². The number of rotatable bonds is 25. The highest BCUT2D eigenvalue weighted by atomic mass is 31.2. The van der Waals surface area contributed by atoms with Crippen molar-refractivity contribution in [2.45, 2.75) is 169 Å². The third-order valence-corrected chi connectivity index (χ3v) is 8.76. The van der Waals surface area contributed by atoms with E-state index in [1.54, 1.807) is 0 Å². The van der Waals surface area contributed by atoms with Gasteiger partial charge in [-0.2, -0.15) is 0 Å². The van der Waals surface area contributed by atoms with Gasteiger partial charge in [0.2, 0.25) is 5.91 Å². The molecule has 42 heavy (non-hydrogen) atoms. The first-order valence-electron chi connectivity index (χ1n) is 16.4. The number of aliphatic hydroxyl groups excluding tert-OH is 1. The quantitative estimate of drug-likeness (QED) is 0.0556. The van der Waals surface area contributed by atoms with E-state index in [-0.39, 0.29) is 36.0 Å². The molecule has 0 radical (unpaired) electrons. The molecular weight excluding hydrogens is 552 g/mol. The van der Waals surface area contributed by atoms with Gasteiger partial charge in [0.05, 0.1) is 24.9 Å². The summed E-state index contributed by atoms with van der Waals surface area (Å²) in [6.07, 6.45) is 10.1. The van der Waals surface area contributed by atoms with Crippen molar-refractivity contribution in [1.82, 2.24) is 5.32 Å². The average molecular weight is 620 g/mol. The molecule has 0 aliphatic rings. The number of carbonyl (C=O) groups is 1. The van der Waals surface area contributed by atoms with Crippen LogP contribution < -0.4 is 5.32 Å². The molecular formula is C32H67BNO7P.